The van der Waals surface area contributed by atoms with E-state index in [-0.39, 0.29) is 12.0 Å². The van der Waals surface area contributed by atoms with Crippen LogP contribution in [0.25, 0.3) is 0 Å². The molecule has 0 radical (unpaired) electrons. The van der Waals surface area contributed by atoms with E-state index in [9.17, 15) is 13.2 Å². The Morgan fingerprint density at radius 1 is 1.28 bits per heavy atom. The molecule has 1 unspecified atom stereocenters. The Hall–Kier alpha value is -1.03. The molecule has 0 spiro atoms. The third kappa shape index (κ3) is 2.69. The molecule has 1 aromatic carbocycles. The fraction of sp³-hybridized carbons (Fsp3) is 0.571. The zero-order chi connectivity index (χ0) is 13.3. The molecule has 0 bridgehead atoms. The van der Waals surface area contributed by atoms with Crippen LogP contribution < -0.4 is 5.32 Å². The van der Waals surface area contributed by atoms with Crippen molar-refractivity contribution in [3.63, 3.8) is 0 Å². The van der Waals surface area contributed by atoms with Crippen LogP contribution >= 0.6 is 0 Å². The maximum Gasteiger partial charge on any atom is 0.416 e. The highest BCUT2D eigenvalue weighted by Crippen LogP contribution is 2.36. The van der Waals surface area contributed by atoms with Crippen molar-refractivity contribution in [1.82, 2.24) is 5.32 Å². The van der Waals surface area contributed by atoms with E-state index >= 15 is 0 Å². The summed E-state index contributed by atoms with van der Waals surface area (Å²) in [6.07, 6.45) is -2.32. The zero-order valence-electron chi connectivity index (χ0n) is 10.6. The molecule has 2 rings (SSSR count). The van der Waals surface area contributed by atoms with Gasteiger partial charge in [0.05, 0.1) is 5.56 Å². The summed E-state index contributed by atoms with van der Waals surface area (Å²) in [7, 11) is 0. The summed E-state index contributed by atoms with van der Waals surface area (Å²) in [4.78, 5) is 0. The van der Waals surface area contributed by atoms with Gasteiger partial charge in [-0.25, -0.2) is 0 Å². The van der Waals surface area contributed by atoms with Crippen LogP contribution in [0, 0.1) is 0 Å². The van der Waals surface area contributed by atoms with Gasteiger partial charge in [-0.2, -0.15) is 13.2 Å². The molecule has 0 saturated carbocycles. The predicted octanol–water partition coefficient (Wildman–Crippen LogP) is 4.25. The lowest BCUT2D eigenvalue weighted by Crippen LogP contribution is -2.17. The van der Waals surface area contributed by atoms with Crippen molar-refractivity contribution in [2.24, 2.45) is 0 Å². The fourth-order valence-corrected chi connectivity index (χ4v) is 2.53. The van der Waals surface area contributed by atoms with Gasteiger partial charge in [0.25, 0.3) is 0 Å². The van der Waals surface area contributed by atoms with Gasteiger partial charge in [0, 0.05) is 6.04 Å². The molecule has 100 valence electrons. The first-order chi connectivity index (χ1) is 8.39. The summed E-state index contributed by atoms with van der Waals surface area (Å²) in [6.45, 7) is 4.92. The van der Waals surface area contributed by atoms with Crippen molar-refractivity contribution in [1.29, 1.82) is 0 Å². The Morgan fingerprint density at radius 3 is 2.50 bits per heavy atom. The number of hydrogen-bond donors (Lipinski definition) is 1. The molecule has 0 amide bonds. The van der Waals surface area contributed by atoms with Crippen molar-refractivity contribution in [3.05, 3.63) is 34.9 Å². The summed E-state index contributed by atoms with van der Waals surface area (Å²) >= 11 is 0. The van der Waals surface area contributed by atoms with E-state index in [4.69, 9.17) is 0 Å². The number of nitrogens with one attached hydrogen (secondary N) is 1. The number of rotatable bonds is 2. The maximum atomic E-state index is 12.8. The topological polar surface area (TPSA) is 12.0 Å². The van der Waals surface area contributed by atoms with E-state index in [1.807, 2.05) is 13.8 Å². The van der Waals surface area contributed by atoms with Crippen LogP contribution in [-0.2, 0) is 6.18 Å². The number of alkyl halides is 3. The van der Waals surface area contributed by atoms with Crippen LogP contribution in [-0.4, -0.2) is 6.54 Å². The first-order valence-corrected chi connectivity index (χ1v) is 6.34. The van der Waals surface area contributed by atoms with Crippen LogP contribution in [0.1, 0.15) is 55.3 Å². The quantitative estimate of drug-likeness (QED) is 0.835. The van der Waals surface area contributed by atoms with Gasteiger partial charge < -0.3 is 5.32 Å². The molecule has 1 aromatic rings. The Morgan fingerprint density at radius 2 is 2.00 bits per heavy atom. The molecule has 1 atom stereocenters. The minimum atomic E-state index is -4.26. The summed E-state index contributed by atoms with van der Waals surface area (Å²) in [5, 5.41) is 3.28. The number of hydrogen-bond acceptors (Lipinski definition) is 1. The van der Waals surface area contributed by atoms with E-state index in [1.54, 1.807) is 6.07 Å². The van der Waals surface area contributed by atoms with Crippen molar-refractivity contribution < 1.29 is 13.2 Å². The Labute approximate surface area is 105 Å². The van der Waals surface area contributed by atoms with Crippen LogP contribution in [0.5, 0.6) is 0 Å². The van der Waals surface area contributed by atoms with E-state index in [0.29, 0.717) is 0 Å². The molecule has 18 heavy (non-hydrogen) atoms. The molecule has 0 aromatic heterocycles. The number of benzene rings is 1. The smallest absolute Gasteiger partial charge is 0.310 e. The molecule has 1 fully saturated rings. The van der Waals surface area contributed by atoms with Crippen LogP contribution in [0.2, 0.25) is 0 Å². The molecule has 4 heteroatoms. The van der Waals surface area contributed by atoms with Gasteiger partial charge in [0.2, 0.25) is 0 Å². The molecule has 1 N–H and O–H groups in total. The van der Waals surface area contributed by atoms with Crippen LogP contribution in [0.4, 0.5) is 13.2 Å². The molecule has 1 saturated heterocycles. The average molecular weight is 257 g/mol. The normalized spacial score (nSPS) is 20.7. The van der Waals surface area contributed by atoms with Gasteiger partial charge in [-0.3, -0.25) is 0 Å². The first-order valence-electron chi connectivity index (χ1n) is 6.34. The maximum absolute atomic E-state index is 12.8. The second kappa shape index (κ2) is 4.92. The van der Waals surface area contributed by atoms with Gasteiger partial charge in [-0.1, -0.05) is 19.9 Å². The van der Waals surface area contributed by atoms with Crippen molar-refractivity contribution in [2.75, 3.05) is 6.54 Å². The molecule has 1 nitrogen and oxygen atoms in total. The second-order valence-electron chi connectivity index (χ2n) is 5.15. The second-order valence-corrected chi connectivity index (χ2v) is 5.15. The SMILES string of the molecule is CC(C)c1ccc(C(F)(F)F)cc1C1CCCN1. The highest BCUT2D eigenvalue weighted by atomic mass is 19.4. The standard InChI is InChI=1S/C14H18F3N/c1-9(2)11-6-5-10(14(15,16)17)8-12(11)13-4-3-7-18-13/h5-6,8-9,13,18H,3-4,7H2,1-2H3. The van der Waals surface area contributed by atoms with Gasteiger partial charge >= 0.3 is 6.18 Å². The van der Waals surface area contributed by atoms with Gasteiger partial charge in [0.1, 0.15) is 0 Å². The molecule has 0 aliphatic carbocycles. The molecule has 1 aliphatic heterocycles. The Balaban J connectivity index is 2.44. The number of halogens is 3. The molecular formula is C14H18F3N. The zero-order valence-corrected chi connectivity index (χ0v) is 10.6. The molecule has 1 aliphatic rings. The highest BCUT2D eigenvalue weighted by molar-refractivity contribution is 5.38. The Bertz CT molecular complexity index is 418. The van der Waals surface area contributed by atoms with E-state index < -0.39 is 11.7 Å². The highest BCUT2D eigenvalue weighted by Gasteiger charge is 2.32. The van der Waals surface area contributed by atoms with Crippen molar-refractivity contribution >= 4 is 0 Å². The monoisotopic (exact) mass is 257 g/mol. The lowest BCUT2D eigenvalue weighted by Gasteiger charge is -2.20. The van der Waals surface area contributed by atoms with E-state index in [0.717, 1.165) is 30.5 Å². The van der Waals surface area contributed by atoms with E-state index in [1.165, 1.54) is 12.1 Å². The lowest BCUT2D eigenvalue weighted by atomic mass is 9.90. The van der Waals surface area contributed by atoms with Gasteiger partial charge in [-0.05, 0) is 48.6 Å². The predicted molar refractivity (Wildman–Crippen MR) is 65.5 cm³/mol. The first kappa shape index (κ1) is 13.4. The molecular weight excluding hydrogens is 239 g/mol. The van der Waals surface area contributed by atoms with Crippen molar-refractivity contribution in [3.8, 4) is 0 Å². The van der Waals surface area contributed by atoms with Gasteiger partial charge in [0.15, 0.2) is 0 Å². The van der Waals surface area contributed by atoms with Crippen LogP contribution in [0.15, 0.2) is 18.2 Å². The summed E-state index contributed by atoms with van der Waals surface area (Å²) < 4.78 is 38.3. The minimum absolute atomic E-state index is 0.0738. The van der Waals surface area contributed by atoms with Gasteiger partial charge in [-0.15, -0.1) is 0 Å². The largest absolute Gasteiger partial charge is 0.416 e. The third-order valence-electron chi connectivity index (χ3n) is 3.47. The summed E-state index contributed by atoms with van der Waals surface area (Å²) in [5.41, 5.74) is 1.29. The lowest BCUT2D eigenvalue weighted by molar-refractivity contribution is -0.137. The fourth-order valence-electron chi connectivity index (χ4n) is 2.53. The van der Waals surface area contributed by atoms with Crippen molar-refractivity contribution in [2.45, 2.75) is 44.8 Å². The summed E-state index contributed by atoms with van der Waals surface area (Å²) in [6, 6.07) is 4.21. The van der Waals surface area contributed by atoms with E-state index in [2.05, 4.69) is 5.32 Å². The third-order valence-corrected chi connectivity index (χ3v) is 3.47. The minimum Gasteiger partial charge on any atom is -0.310 e. The Kier molecular flexibility index (Phi) is 3.66. The average Bonchev–Trinajstić information content (AvgIpc) is 2.80. The van der Waals surface area contributed by atoms with Crippen LogP contribution in [0.3, 0.4) is 0 Å². The summed E-state index contributed by atoms with van der Waals surface area (Å²) in [5.74, 6) is 0.240. The molecule has 1 heterocycles.